The minimum Gasteiger partial charge on any atom is -0.489 e. The van der Waals surface area contributed by atoms with Crippen molar-refractivity contribution in [1.29, 1.82) is 0 Å². The fourth-order valence-corrected chi connectivity index (χ4v) is 5.34. The number of ether oxygens (including phenoxy) is 1. The zero-order chi connectivity index (χ0) is 21.9. The van der Waals surface area contributed by atoms with E-state index >= 15 is 0 Å². The predicted octanol–water partition coefficient (Wildman–Crippen LogP) is 5.01. The summed E-state index contributed by atoms with van der Waals surface area (Å²) in [4.78, 5) is 8.73. The standard InChI is InChI=1S/C25H25N5OS/c1-17-14-19(31-16-18-6-5-10-26-15-18)8-9-20(17)24-22-23(21-7-3-4-11-27-21)29-30(2)25(22)28-12-13-32-24/h3-11,14-15,24,28H,12-13,16H2,1-2H3. The van der Waals surface area contributed by atoms with E-state index in [1.165, 1.54) is 16.7 Å². The number of pyridine rings is 2. The third-order valence-electron chi connectivity index (χ3n) is 5.58. The first-order valence-electron chi connectivity index (χ1n) is 10.7. The average molecular weight is 444 g/mol. The summed E-state index contributed by atoms with van der Waals surface area (Å²) in [5, 5.41) is 8.58. The first-order chi connectivity index (χ1) is 15.7. The summed E-state index contributed by atoms with van der Waals surface area (Å²) < 4.78 is 7.96. The summed E-state index contributed by atoms with van der Waals surface area (Å²) >= 11 is 1.94. The van der Waals surface area contributed by atoms with Gasteiger partial charge in [-0.1, -0.05) is 18.2 Å². The van der Waals surface area contributed by atoms with Crippen molar-refractivity contribution in [2.24, 2.45) is 7.05 Å². The lowest BCUT2D eigenvalue weighted by Crippen LogP contribution is -2.06. The number of aryl methyl sites for hydroxylation is 2. The lowest BCUT2D eigenvalue weighted by molar-refractivity contribution is 0.305. The highest BCUT2D eigenvalue weighted by molar-refractivity contribution is 7.99. The van der Waals surface area contributed by atoms with Gasteiger partial charge in [0.15, 0.2) is 0 Å². The van der Waals surface area contributed by atoms with Gasteiger partial charge in [-0.3, -0.25) is 14.6 Å². The molecule has 4 heterocycles. The molecule has 0 spiro atoms. The van der Waals surface area contributed by atoms with Gasteiger partial charge in [-0.15, -0.1) is 11.8 Å². The van der Waals surface area contributed by atoms with Gasteiger partial charge < -0.3 is 10.1 Å². The van der Waals surface area contributed by atoms with Gasteiger partial charge in [0.25, 0.3) is 0 Å². The Hall–Kier alpha value is -3.32. The molecule has 1 aliphatic rings. The Morgan fingerprint density at radius 1 is 1.16 bits per heavy atom. The molecule has 6 nitrogen and oxygen atoms in total. The van der Waals surface area contributed by atoms with Gasteiger partial charge in [0.2, 0.25) is 0 Å². The van der Waals surface area contributed by atoms with Crippen LogP contribution in [0.25, 0.3) is 11.4 Å². The molecule has 5 rings (SSSR count). The molecule has 0 saturated carbocycles. The first-order valence-corrected chi connectivity index (χ1v) is 11.7. The molecule has 1 aliphatic heterocycles. The predicted molar refractivity (Wildman–Crippen MR) is 129 cm³/mol. The summed E-state index contributed by atoms with van der Waals surface area (Å²) in [5.41, 5.74) is 6.56. The summed E-state index contributed by atoms with van der Waals surface area (Å²) in [6, 6.07) is 16.3. The van der Waals surface area contributed by atoms with Crippen LogP contribution in [0.3, 0.4) is 0 Å². The van der Waals surface area contributed by atoms with Crippen molar-refractivity contribution in [3.05, 3.63) is 89.4 Å². The van der Waals surface area contributed by atoms with E-state index < -0.39 is 0 Å². The molecule has 0 fully saturated rings. The Morgan fingerprint density at radius 2 is 2.09 bits per heavy atom. The number of thioether (sulfide) groups is 1. The SMILES string of the molecule is Cc1cc(OCc2cccnc2)ccc1C1SCCNc2c1c(-c1ccccn1)nn2C. The molecule has 1 atom stereocenters. The zero-order valence-electron chi connectivity index (χ0n) is 18.2. The number of nitrogens with one attached hydrogen (secondary N) is 1. The molecular formula is C25H25N5OS. The molecule has 3 aromatic heterocycles. The minimum atomic E-state index is 0.165. The van der Waals surface area contributed by atoms with Crippen LogP contribution in [0.5, 0.6) is 5.75 Å². The molecule has 1 aromatic carbocycles. The maximum Gasteiger partial charge on any atom is 0.129 e. The Bertz CT molecular complexity index is 1210. The lowest BCUT2D eigenvalue weighted by atomic mass is 9.98. The van der Waals surface area contributed by atoms with Gasteiger partial charge >= 0.3 is 0 Å². The van der Waals surface area contributed by atoms with E-state index in [1.807, 2.05) is 66.2 Å². The molecule has 1 unspecified atom stereocenters. The number of benzene rings is 1. The summed E-state index contributed by atoms with van der Waals surface area (Å²) in [7, 11) is 1.99. The van der Waals surface area contributed by atoms with Crippen LogP contribution in [0.15, 0.2) is 67.1 Å². The Morgan fingerprint density at radius 3 is 2.88 bits per heavy atom. The molecule has 7 heteroatoms. The molecular weight excluding hydrogens is 418 g/mol. The van der Waals surface area contributed by atoms with Crippen LogP contribution in [0, 0.1) is 6.92 Å². The first kappa shape index (κ1) is 20.6. The number of anilines is 1. The maximum atomic E-state index is 6.02. The number of rotatable bonds is 5. The highest BCUT2D eigenvalue weighted by atomic mass is 32.2. The molecule has 0 bridgehead atoms. The molecule has 4 aromatic rings. The summed E-state index contributed by atoms with van der Waals surface area (Å²) in [6.45, 7) is 3.56. The third-order valence-corrected chi connectivity index (χ3v) is 6.85. The van der Waals surface area contributed by atoms with Crippen LogP contribution < -0.4 is 10.1 Å². The Balaban J connectivity index is 1.49. The van der Waals surface area contributed by atoms with Crippen molar-refractivity contribution in [2.75, 3.05) is 17.6 Å². The molecule has 0 saturated heterocycles. The van der Waals surface area contributed by atoms with Crippen LogP contribution in [-0.4, -0.2) is 32.0 Å². The van der Waals surface area contributed by atoms with Gasteiger partial charge in [0.1, 0.15) is 23.9 Å². The fraction of sp³-hybridized carbons (Fsp3) is 0.240. The van der Waals surface area contributed by atoms with Gasteiger partial charge in [-0.25, -0.2) is 0 Å². The van der Waals surface area contributed by atoms with E-state index in [4.69, 9.17) is 9.84 Å². The van der Waals surface area contributed by atoms with Crippen molar-refractivity contribution in [1.82, 2.24) is 19.7 Å². The zero-order valence-corrected chi connectivity index (χ0v) is 19.0. The topological polar surface area (TPSA) is 64.9 Å². The normalized spacial score (nSPS) is 15.5. The van der Waals surface area contributed by atoms with Crippen molar-refractivity contribution in [2.45, 2.75) is 18.8 Å². The number of hydrogen-bond donors (Lipinski definition) is 1. The van der Waals surface area contributed by atoms with Crippen LogP contribution in [0.4, 0.5) is 5.82 Å². The molecule has 32 heavy (non-hydrogen) atoms. The number of nitrogens with zero attached hydrogens (tertiary/aromatic N) is 4. The Labute approximate surface area is 192 Å². The van der Waals surface area contributed by atoms with Crippen LogP contribution in [0.1, 0.15) is 27.5 Å². The third kappa shape index (κ3) is 4.08. The van der Waals surface area contributed by atoms with Crippen molar-refractivity contribution in [3.8, 4) is 17.1 Å². The van der Waals surface area contributed by atoms with E-state index in [0.29, 0.717) is 6.61 Å². The maximum absolute atomic E-state index is 6.02. The lowest BCUT2D eigenvalue weighted by Gasteiger charge is -2.19. The van der Waals surface area contributed by atoms with Gasteiger partial charge in [-0.05, 0) is 48.4 Å². The fourth-order valence-electron chi connectivity index (χ4n) is 4.05. The number of hydrogen-bond acceptors (Lipinski definition) is 6. The van der Waals surface area contributed by atoms with Crippen LogP contribution in [0.2, 0.25) is 0 Å². The second-order valence-electron chi connectivity index (χ2n) is 7.80. The molecule has 0 amide bonds. The Kier molecular flexibility index (Phi) is 5.81. The summed E-state index contributed by atoms with van der Waals surface area (Å²) in [6.07, 6.45) is 5.43. The second kappa shape index (κ2) is 9.04. The van der Waals surface area contributed by atoms with E-state index in [0.717, 1.165) is 40.8 Å². The molecule has 0 aliphatic carbocycles. The summed E-state index contributed by atoms with van der Waals surface area (Å²) in [5.74, 6) is 2.94. The highest BCUT2D eigenvalue weighted by Crippen LogP contribution is 2.46. The van der Waals surface area contributed by atoms with E-state index in [9.17, 15) is 0 Å². The highest BCUT2D eigenvalue weighted by Gasteiger charge is 2.30. The average Bonchev–Trinajstić information content (AvgIpc) is 3.00. The van der Waals surface area contributed by atoms with Gasteiger partial charge in [0.05, 0.1) is 10.9 Å². The van der Waals surface area contributed by atoms with Gasteiger partial charge in [-0.2, -0.15) is 5.10 Å². The van der Waals surface area contributed by atoms with E-state index in [2.05, 4.69) is 40.4 Å². The quantitative estimate of drug-likeness (QED) is 0.468. The molecule has 0 radical (unpaired) electrons. The van der Waals surface area contributed by atoms with Gasteiger partial charge in [0, 0.05) is 49.1 Å². The largest absolute Gasteiger partial charge is 0.489 e. The minimum absolute atomic E-state index is 0.165. The van der Waals surface area contributed by atoms with E-state index in [1.54, 1.807) is 6.20 Å². The number of fused-ring (bicyclic) bond motifs is 1. The van der Waals surface area contributed by atoms with Crippen molar-refractivity contribution < 1.29 is 4.74 Å². The molecule has 162 valence electrons. The second-order valence-corrected chi connectivity index (χ2v) is 9.01. The number of aromatic nitrogens is 4. The molecule has 1 N–H and O–H groups in total. The van der Waals surface area contributed by atoms with Crippen molar-refractivity contribution >= 4 is 17.6 Å². The van der Waals surface area contributed by atoms with Crippen LogP contribution in [-0.2, 0) is 13.7 Å². The van der Waals surface area contributed by atoms with Crippen molar-refractivity contribution in [3.63, 3.8) is 0 Å². The smallest absolute Gasteiger partial charge is 0.129 e. The van der Waals surface area contributed by atoms with Crippen LogP contribution >= 0.6 is 11.8 Å². The monoisotopic (exact) mass is 443 g/mol. The van der Waals surface area contributed by atoms with E-state index in [-0.39, 0.29) is 5.25 Å².